The molecule has 0 aliphatic heterocycles. The molecule has 0 heterocycles. The minimum Gasteiger partial charge on any atom is -0.496 e. The van der Waals surface area contributed by atoms with Crippen LogP contribution in [0.15, 0.2) is 206 Å². The SMILES string of the molecule is C=N.COc1ccccc1-c1ccc(C(C)c2cccc(-c3ccccc3)c2)cc1.Cc1ccc(-c2cc(-c3ccccc3)cc(-c3ccccc3)c2)cc1. The summed E-state index contributed by atoms with van der Waals surface area (Å²) in [6.07, 6.45) is 0. The van der Waals surface area contributed by atoms with Gasteiger partial charge >= 0.3 is 0 Å². The van der Waals surface area contributed by atoms with E-state index in [2.05, 4.69) is 209 Å². The van der Waals surface area contributed by atoms with Crippen LogP contribution in [0.1, 0.15) is 29.5 Å². The Morgan fingerprint density at radius 1 is 0.382 bits per heavy atom. The van der Waals surface area contributed by atoms with Crippen molar-refractivity contribution in [3.05, 3.63) is 223 Å². The Balaban J connectivity index is 0.000000180. The second-order valence-electron chi connectivity index (χ2n) is 13.4. The summed E-state index contributed by atoms with van der Waals surface area (Å²) in [5.41, 5.74) is 16.2. The lowest BCUT2D eigenvalue weighted by Crippen LogP contribution is -1.96. The van der Waals surface area contributed by atoms with Gasteiger partial charge in [0.25, 0.3) is 0 Å². The van der Waals surface area contributed by atoms with Crippen LogP contribution in [0.4, 0.5) is 0 Å². The maximum absolute atomic E-state index is 5.50. The number of rotatable bonds is 8. The Labute approximate surface area is 326 Å². The van der Waals surface area contributed by atoms with Gasteiger partial charge in [-0.2, -0.15) is 0 Å². The van der Waals surface area contributed by atoms with E-state index in [0.29, 0.717) is 5.92 Å². The third-order valence-corrected chi connectivity index (χ3v) is 9.85. The molecule has 1 N–H and O–H groups in total. The van der Waals surface area contributed by atoms with Crippen LogP contribution in [0.2, 0.25) is 0 Å². The van der Waals surface area contributed by atoms with Crippen LogP contribution in [-0.4, -0.2) is 13.8 Å². The summed E-state index contributed by atoms with van der Waals surface area (Å²) in [6.45, 7) is 6.89. The molecule has 270 valence electrons. The largest absolute Gasteiger partial charge is 0.496 e. The number of hydrogen-bond donors (Lipinski definition) is 1. The minimum absolute atomic E-state index is 0.329. The summed E-state index contributed by atoms with van der Waals surface area (Å²) in [7, 11) is 1.72. The molecule has 0 aromatic heterocycles. The number of hydrogen-bond acceptors (Lipinski definition) is 2. The number of benzene rings is 8. The average Bonchev–Trinajstić information content (AvgIpc) is 3.28. The third-order valence-electron chi connectivity index (χ3n) is 9.85. The summed E-state index contributed by atoms with van der Waals surface area (Å²) in [4.78, 5) is 0. The Morgan fingerprint density at radius 2 is 0.800 bits per heavy atom. The van der Waals surface area contributed by atoms with E-state index < -0.39 is 0 Å². The van der Waals surface area contributed by atoms with Crippen LogP contribution in [0, 0.1) is 12.3 Å². The van der Waals surface area contributed by atoms with E-state index in [4.69, 9.17) is 10.1 Å². The van der Waals surface area contributed by atoms with Crippen LogP contribution in [0.25, 0.3) is 55.6 Å². The van der Waals surface area contributed by atoms with Gasteiger partial charge in [0.05, 0.1) is 7.11 Å². The lowest BCUT2D eigenvalue weighted by molar-refractivity contribution is 0.416. The van der Waals surface area contributed by atoms with Crippen molar-refractivity contribution in [2.24, 2.45) is 0 Å². The number of nitrogens with one attached hydrogen (secondary N) is 1. The zero-order valence-electron chi connectivity index (χ0n) is 31.8. The van der Waals surface area contributed by atoms with E-state index in [1.54, 1.807) is 7.11 Å². The predicted molar refractivity (Wildman–Crippen MR) is 235 cm³/mol. The second-order valence-corrected chi connectivity index (χ2v) is 13.4. The molecule has 0 fully saturated rings. The van der Waals surface area contributed by atoms with Crippen LogP contribution in [0.3, 0.4) is 0 Å². The molecule has 0 saturated heterocycles. The topological polar surface area (TPSA) is 33.1 Å². The molecule has 1 unspecified atom stereocenters. The zero-order valence-corrected chi connectivity index (χ0v) is 31.8. The number of para-hydroxylation sites is 1. The molecule has 0 saturated carbocycles. The molecule has 2 nitrogen and oxygen atoms in total. The van der Waals surface area contributed by atoms with Gasteiger partial charge in [-0.05, 0) is 99.1 Å². The second kappa shape index (κ2) is 18.8. The first-order valence-electron chi connectivity index (χ1n) is 18.6. The number of ether oxygens (including phenoxy) is 1. The van der Waals surface area contributed by atoms with Crippen molar-refractivity contribution in [3.63, 3.8) is 0 Å². The van der Waals surface area contributed by atoms with Crippen molar-refractivity contribution in [3.8, 4) is 61.4 Å². The highest BCUT2D eigenvalue weighted by molar-refractivity contribution is 5.81. The quantitative estimate of drug-likeness (QED) is 0.156. The molecule has 0 radical (unpaired) electrons. The fourth-order valence-electron chi connectivity index (χ4n) is 6.78. The Morgan fingerprint density at radius 3 is 1.31 bits per heavy atom. The highest BCUT2D eigenvalue weighted by Crippen LogP contribution is 2.34. The van der Waals surface area contributed by atoms with E-state index in [1.165, 1.54) is 66.8 Å². The lowest BCUT2D eigenvalue weighted by atomic mass is 9.90. The maximum Gasteiger partial charge on any atom is 0.126 e. The first-order chi connectivity index (χ1) is 27.1. The molecule has 1 atom stereocenters. The standard InChI is InChI=1S/C27H24O.C25H20.CH3N/c1-20(24-11-8-12-25(19-24)22-9-4-3-5-10-22)21-15-17-23(18-16-21)26-13-6-7-14-27(26)28-2;1-19-12-14-22(15-13-19)25-17-23(20-8-4-2-5-9-20)16-24(18-25)21-10-6-3-7-11-21;1-2/h3-20H,1-2H3;2-18H,1H3;2H,1H2. The van der Waals surface area contributed by atoms with Crippen LogP contribution < -0.4 is 4.74 Å². The van der Waals surface area contributed by atoms with Gasteiger partial charge in [0.2, 0.25) is 0 Å². The maximum atomic E-state index is 5.50. The molecule has 2 heteroatoms. The Bertz CT molecular complexity index is 2330. The minimum atomic E-state index is 0.329. The molecule has 0 spiro atoms. The smallest absolute Gasteiger partial charge is 0.126 e. The summed E-state index contributed by atoms with van der Waals surface area (Å²) in [6, 6.07) is 73.1. The lowest BCUT2D eigenvalue weighted by Gasteiger charge is -2.15. The zero-order chi connectivity index (χ0) is 38.4. The van der Waals surface area contributed by atoms with Crippen molar-refractivity contribution in [2.45, 2.75) is 19.8 Å². The summed E-state index contributed by atoms with van der Waals surface area (Å²) in [5.74, 6) is 1.23. The highest BCUT2D eigenvalue weighted by atomic mass is 16.5. The monoisotopic (exact) mass is 713 g/mol. The molecular formula is C53H47NO. The molecule has 8 aromatic rings. The van der Waals surface area contributed by atoms with Crippen molar-refractivity contribution in [2.75, 3.05) is 7.11 Å². The van der Waals surface area contributed by atoms with Gasteiger partial charge in [0.15, 0.2) is 0 Å². The normalized spacial score (nSPS) is 10.9. The fourth-order valence-corrected chi connectivity index (χ4v) is 6.78. The summed E-state index contributed by atoms with van der Waals surface area (Å²) < 4.78 is 5.50. The molecular weight excluding hydrogens is 667 g/mol. The number of aryl methyl sites for hydroxylation is 1. The van der Waals surface area contributed by atoms with Crippen molar-refractivity contribution in [1.82, 2.24) is 0 Å². The first-order valence-corrected chi connectivity index (χ1v) is 18.6. The predicted octanol–water partition coefficient (Wildman–Crippen LogP) is 14.4. The Kier molecular flexibility index (Phi) is 13.0. The average molecular weight is 714 g/mol. The molecule has 8 rings (SSSR count). The van der Waals surface area contributed by atoms with Crippen molar-refractivity contribution < 1.29 is 4.74 Å². The summed E-state index contributed by atoms with van der Waals surface area (Å²) >= 11 is 0. The third kappa shape index (κ3) is 9.62. The van der Waals surface area contributed by atoms with E-state index >= 15 is 0 Å². The van der Waals surface area contributed by atoms with Gasteiger partial charge in [-0.15, -0.1) is 0 Å². The van der Waals surface area contributed by atoms with E-state index in [1.807, 2.05) is 18.2 Å². The van der Waals surface area contributed by atoms with E-state index in [0.717, 1.165) is 11.3 Å². The number of methoxy groups -OCH3 is 1. The fraction of sp³-hybridized carbons (Fsp3) is 0.0755. The van der Waals surface area contributed by atoms with Crippen molar-refractivity contribution >= 4 is 6.72 Å². The molecule has 0 aliphatic carbocycles. The van der Waals surface area contributed by atoms with Gasteiger partial charge in [-0.1, -0.05) is 194 Å². The van der Waals surface area contributed by atoms with E-state index in [9.17, 15) is 0 Å². The highest BCUT2D eigenvalue weighted by Gasteiger charge is 2.12. The molecule has 8 aromatic carbocycles. The van der Waals surface area contributed by atoms with Gasteiger partial charge in [0, 0.05) is 11.5 Å². The van der Waals surface area contributed by atoms with Gasteiger partial charge in [-0.3, -0.25) is 0 Å². The molecule has 0 bridgehead atoms. The van der Waals surface area contributed by atoms with Gasteiger partial charge in [0.1, 0.15) is 5.75 Å². The van der Waals surface area contributed by atoms with Gasteiger partial charge < -0.3 is 10.1 Å². The molecule has 0 amide bonds. The van der Waals surface area contributed by atoms with Crippen LogP contribution in [0.5, 0.6) is 5.75 Å². The summed E-state index contributed by atoms with van der Waals surface area (Å²) in [5, 5.41) is 5.50. The Hall–Kier alpha value is -6.77. The van der Waals surface area contributed by atoms with Crippen molar-refractivity contribution in [1.29, 1.82) is 5.41 Å². The van der Waals surface area contributed by atoms with E-state index in [-0.39, 0.29) is 0 Å². The van der Waals surface area contributed by atoms with Crippen LogP contribution >= 0.6 is 0 Å². The first kappa shape index (κ1) is 38.0. The van der Waals surface area contributed by atoms with Crippen LogP contribution in [-0.2, 0) is 0 Å². The molecule has 0 aliphatic rings. The molecule has 55 heavy (non-hydrogen) atoms. The van der Waals surface area contributed by atoms with Gasteiger partial charge in [-0.25, -0.2) is 0 Å².